The van der Waals surface area contributed by atoms with Gasteiger partial charge >= 0.3 is 5.97 Å². The number of nitrogens with one attached hydrogen (secondary N) is 1. The van der Waals surface area contributed by atoms with Gasteiger partial charge in [-0.25, -0.2) is 9.18 Å². The molecule has 142 valence electrons. The number of carbonyl (C=O) groups is 3. The highest BCUT2D eigenvalue weighted by Gasteiger charge is 2.33. The van der Waals surface area contributed by atoms with Crippen LogP contribution in [-0.2, 0) is 19.1 Å². The van der Waals surface area contributed by atoms with E-state index < -0.39 is 29.9 Å². The van der Waals surface area contributed by atoms with Crippen LogP contribution in [0.4, 0.5) is 4.39 Å². The molecule has 0 spiro atoms. The molecule has 8 heteroatoms. The minimum atomic E-state index is -1.36. The number of benzene rings is 1. The van der Waals surface area contributed by atoms with Crippen LogP contribution in [-0.4, -0.2) is 54.5 Å². The first-order valence-corrected chi connectivity index (χ1v) is 8.32. The van der Waals surface area contributed by atoms with Crippen LogP contribution >= 0.6 is 0 Å². The molecule has 2 amide bonds. The summed E-state index contributed by atoms with van der Waals surface area (Å²) in [7, 11) is 1.46. The van der Waals surface area contributed by atoms with Gasteiger partial charge in [-0.05, 0) is 51.0 Å². The van der Waals surface area contributed by atoms with Gasteiger partial charge in [0.1, 0.15) is 11.6 Å². The Morgan fingerprint density at radius 2 is 1.85 bits per heavy atom. The Hall–Kier alpha value is -2.64. The second-order valence-corrected chi connectivity index (χ2v) is 6.73. The summed E-state index contributed by atoms with van der Waals surface area (Å²) in [5, 5.41) is 2.77. The van der Waals surface area contributed by atoms with Gasteiger partial charge in [-0.2, -0.15) is 0 Å². The largest absolute Gasteiger partial charge is 0.476 e. The molecule has 26 heavy (non-hydrogen) atoms. The summed E-state index contributed by atoms with van der Waals surface area (Å²) in [6.07, 6.45) is 1.92. The van der Waals surface area contributed by atoms with Crippen molar-refractivity contribution in [3.63, 3.8) is 0 Å². The van der Waals surface area contributed by atoms with Crippen molar-refractivity contribution in [3.8, 4) is 5.75 Å². The molecule has 0 heterocycles. The maximum Gasteiger partial charge on any atom is 0.350 e. The third kappa shape index (κ3) is 6.02. The molecule has 0 atom stereocenters. The van der Waals surface area contributed by atoms with Gasteiger partial charge in [-0.15, -0.1) is 0 Å². The van der Waals surface area contributed by atoms with Gasteiger partial charge < -0.3 is 19.7 Å². The van der Waals surface area contributed by atoms with E-state index in [-0.39, 0.29) is 18.5 Å². The van der Waals surface area contributed by atoms with Crippen LogP contribution < -0.4 is 10.1 Å². The Balaban J connectivity index is 1.78. The molecule has 1 saturated carbocycles. The molecule has 0 aromatic heterocycles. The molecule has 2 rings (SSSR count). The molecule has 1 N–H and O–H groups in total. The topological polar surface area (TPSA) is 84.9 Å². The third-order valence-corrected chi connectivity index (χ3v) is 3.75. The van der Waals surface area contributed by atoms with E-state index in [1.165, 1.54) is 50.1 Å². The Morgan fingerprint density at radius 1 is 1.23 bits per heavy atom. The van der Waals surface area contributed by atoms with Gasteiger partial charge in [-0.3, -0.25) is 9.59 Å². The zero-order valence-electron chi connectivity index (χ0n) is 15.1. The van der Waals surface area contributed by atoms with Crippen LogP contribution in [0.2, 0.25) is 0 Å². The van der Waals surface area contributed by atoms with Crippen molar-refractivity contribution in [1.82, 2.24) is 10.2 Å². The number of carbonyl (C=O) groups excluding carboxylic acids is 3. The lowest BCUT2D eigenvalue weighted by atomic mass is 10.1. The van der Waals surface area contributed by atoms with E-state index in [0.717, 1.165) is 12.8 Å². The van der Waals surface area contributed by atoms with Gasteiger partial charge in [0.05, 0.1) is 6.54 Å². The lowest BCUT2D eigenvalue weighted by Crippen LogP contribution is -2.43. The predicted octanol–water partition coefficient (Wildman–Crippen LogP) is 1.26. The van der Waals surface area contributed by atoms with Crippen molar-refractivity contribution in [2.75, 3.05) is 20.2 Å². The van der Waals surface area contributed by atoms with Gasteiger partial charge in [0.25, 0.3) is 5.91 Å². The molecule has 0 bridgehead atoms. The van der Waals surface area contributed by atoms with E-state index >= 15 is 0 Å². The second kappa shape index (κ2) is 8.16. The quantitative estimate of drug-likeness (QED) is 0.700. The smallest absolute Gasteiger partial charge is 0.350 e. The fraction of sp³-hybridized carbons (Fsp3) is 0.500. The predicted molar refractivity (Wildman–Crippen MR) is 90.9 cm³/mol. The summed E-state index contributed by atoms with van der Waals surface area (Å²) in [5.41, 5.74) is -1.36. The van der Waals surface area contributed by atoms with Gasteiger partial charge in [-0.1, -0.05) is 0 Å². The first kappa shape index (κ1) is 19.7. The molecule has 0 aliphatic heterocycles. The van der Waals surface area contributed by atoms with Crippen molar-refractivity contribution in [2.45, 2.75) is 38.3 Å². The molecule has 0 unspecified atom stereocenters. The lowest BCUT2D eigenvalue weighted by Gasteiger charge is -2.25. The fourth-order valence-electron chi connectivity index (χ4n) is 2.05. The molecule has 1 aromatic carbocycles. The van der Waals surface area contributed by atoms with Gasteiger partial charge in [0.15, 0.2) is 12.2 Å². The molecule has 0 saturated heterocycles. The van der Waals surface area contributed by atoms with Crippen molar-refractivity contribution >= 4 is 17.8 Å². The first-order valence-electron chi connectivity index (χ1n) is 8.32. The maximum absolute atomic E-state index is 12.9. The number of halogens is 1. The highest BCUT2D eigenvalue weighted by Crippen LogP contribution is 2.20. The van der Waals surface area contributed by atoms with Crippen LogP contribution in [0.3, 0.4) is 0 Å². The van der Waals surface area contributed by atoms with E-state index in [1.54, 1.807) is 0 Å². The van der Waals surface area contributed by atoms with Crippen LogP contribution in [0.15, 0.2) is 24.3 Å². The lowest BCUT2D eigenvalue weighted by molar-refractivity contribution is -0.163. The summed E-state index contributed by atoms with van der Waals surface area (Å²) in [6, 6.07) is 5.42. The second-order valence-electron chi connectivity index (χ2n) is 6.73. The number of esters is 1. The average molecular weight is 366 g/mol. The van der Waals surface area contributed by atoms with Crippen LogP contribution in [0.1, 0.15) is 26.7 Å². The standard InChI is InChI=1S/C18H23FN2O5/c1-18(2,26-14-8-4-12(19)5-9-14)17(24)25-11-16(23)21(3)10-15(22)20-13-6-7-13/h4-5,8-9,13H,6-7,10-11H2,1-3H3,(H,20,22). The zero-order valence-corrected chi connectivity index (χ0v) is 15.1. The van der Waals surface area contributed by atoms with E-state index in [0.29, 0.717) is 5.75 Å². The number of ether oxygens (including phenoxy) is 2. The summed E-state index contributed by atoms with van der Waals surface area (Å²) in [4.78, 5) is 37.0. The molecule has 1 fully saturated rings. The van der Waals surface area contributed by atoms with Crippen molar-refractivity contribution < 1.29 is 28.2 Å². The molecule has 7 nitrogen and oxygen atoms in total. The third-order valence-electron chi connectivity index (χ3n) is 3.75. The maximum atomic E-state index is 12.9. The van der Waals surface area contributed by atoms with Crippen molar-refractivity contribution in [2.24, 2.45) is 0 Å². The zero-order chi connectivity index (χ0) is 19.3. The fourth-order valence-corrected chi connectivity index (χ4v) is 2.05. The molecular formula is C18H23FN2O5. The molecule has 0 radical (unpaired) electrons. The van der Waals surface area contributed by atoms with Crippen LogP contribution in [0, 0.1) is 5.82 Å². The Kier molecular flexibility index (Phi) is 6.18. The number of likely N-dealkylation sites (N-methyl/N-ethyl adjacent to an activating group) is 1. The van der Waals surface area contributed by atoms with Crippen molar-refractivity contribution in [1.29, 1.82) is 0 Å². The monoisotopic (exact) mass is 366 g/mol. The molecule has 1 aliphatic rings. The van der Waals surface area contributed by atoms with Gasteiger partial charge in [0.2, 0.25) is 5.91 Å². The van der Waals surface area contributed by atoms with E-state index in [1.807, 2.05) is 0 Å². The highest BCUT2D eigenvalue weighted by molar-refractivity contribution is 5.87. The summed E-state index contributed by atoms with van der Waals surface area (Å²) in [5.74, 6) is -1.60. The van der Waals surface area contributed by atoms with Crippen molar-refractivity contribution in [3.05, 3.63) is 30.1 Å². The number of hydrogen-bond donors (Lipinski definition) is 1. The van der Waals surface area contributed by atoms with Crippen LogP contribution in [0.5, 0.6) is 5.75 Å². The van der Waals surface area contributed by atoms with Crippen LogP contribution in [0.25, 0.3) is 0 Å². The van der Waals surface area contributed by atoms with Gasteiger partial charge in [0, 0.05) is 13.1 Å². The number of hydrogen-bond acceptors (Lipinski definition) is 5. The average Bonchev–Trinajstić information content (AvgIpc) is 3.37. The highest BCUT2D eigenvalue weighted by atomic mass is 19.1. The number of rotatable bonds is 8. The summed E-state index contributed by atoms with van der Waals surface area (Å²) >= 11 is 0. The summed E-state index contributed by atoms with van der Waals surface area (Å²) in [6.45, 7) is 2.37. The minimum absolute atomic E-state index is 0.0949. The van der Waals surface area contributed by atoms with E-state index in [4.69, 9.17) is 9.47 Å². The molecular weight excluding hydrogens is 343 g/mol. The first-order chi connectivity index (χ1) is 12.2. The SMILES string of the molecule is CN(CC(=O)NC1CC1)C(=O)COC(=O)C(C)(C)Oc1ccc(F)cc1. The molecule has 1 aromatic rings. The molecule has 1 aliphatic carbocycles. The van der Waals surface area contributed by atoms with E-state index in [9.17, 15) is 18.8 Å². The summed E-state index contributed by atoms with van der Waals surface area (Å²) < 4.78 is 23.4. The minimum Gasteiger partial charge on any atom is -0.476 e. The van der Waals surface area contributed by atoms with E-state index in [2.05, 4.69) is 5.32 Å². The number of amides is 2. The Labute approximate surface area is 151 Å². The Morgan fingerprint density at radius 3 is 2.42 bits per heavy atom. The number of nitrogens with zero attached hydrogens (tertiary/aromatic N) is 1. The Bertz CT molecular complexity index is 671. The normalized spacial score (nSPS) is 13.7.